The van der Waals surface area contributed by atoms with Gasteiger partial charge < -0.3 is 10.1 Å². The van der Waals surface area contributed by atoms with Gasteiger partial charge in [0.2, 0.25) is 0 Å². The molecular formula is C14H19NO3. The van der Waals surface area contributed by atoms with Gasteiger partial charge in [-0.15, -0.1) is 0 Å². The Kier molecular flexibility index (Phi) is 5.91. The zero-order chi connectivity index (χ0) is 13.4. The number of aldehydes is 1. The second kappa shape index (κ2) is 7.48. The van der Waals surface area contributed by atoms with Crippen LogP contribution in [-0.2, 0) is 4.79 Å². The highest BCUT2D eigenvalue weighted by Gasteiger charge is 2.03. The fourth-order valence-electron chi connectivity index (χ4n) is 1.34. The van der Waals surface area contributed by atoms with E-state index in [1.165, 1.54) is 0 Å². The largest absolute Gasteiger partial charge is 0.484 e. The summed E-state index contributed by atoms with van der Waals surface area (Å²) in [6.07, 6.45) is 1.72. The molecule has 0 aliphatic carbocycles. The quantitative estimate of drug-likeness (QED) is 0.752. The fourth-order valence-corrected chi connectivity index (χ4v) is 1.34. The van der Waals surface area contributed by atoms with E-state index in [-0.39, 0.29) is 12.5 Å². The summed E-state index contributed by atoms with van der Waals surface area (Å²) in [5.41, 5.74) is 0.587. The number of rotatable bonds is 7. The van der Waals surface area contributed by atoms with Gasteiger partial charge in [0.05, 0.1) is 0 Å². The van der Waals surface area contributed by atoms with Crippen molar-refractivity contribution in [2.24, 2.45) is 5.92 Å². The predicted octanol–water partition coefficient (Wildman–Crippen LogP) is 2.04. The van der Waals surface area contributed by atoms with E-state index < -0.39 is 0 Å². The Morgan fingerprint density at radius 3 is 2.56 bits per heavy atom. The SMILES string of the molecule is CC(C)CCNC(=O)COc1ccc(C=O)cc1. The monoisotopic (exact) mass is 249 g/mol. The normalized spacial score (nSPS) is 10.2. The minimum atomic E-state index is -0.130. The molecule has 18 heavy (non-hydrogen) atoms. The highest BCUT2D eigenvalue weighted by Crippen LogP contribution is 2.10. The smallest absolute Gasteiger partial charge is 0.257 e. The van der Waals surface area contributed by atoms with E-state index in [4.69, 9.17) is 4.74 Å². The molecule has 0 aliphatic rings. The van der Waals surface area contributed by atoms with Crippen LogP contribution in [0, 0.1) is 5.92 Å². The zero-order valence-electron chi connectivity index (χ0n) is 10.8. The van der Waals surface area contributed by atoms with E-state index in [9.17, 15) is 9.59 Å². The Bertz CT molecular complexity index is 385. The van der Waals surface area contributed by atoms with Crippen LogP contribution in [0.4, 0.5) is 0 Å². The third-order valence-electron chi connectivity index (χ3n) is 2.43. The first-order valence-corrected chi connectivity index (χ1v) is 6.06. The predicted molar refractivity (Wildman–Crippen MR) is 69.8 cm³/mol. The number of carbonyl (C=O) groups excluding carboxylic acids is 2. The molecule has 0 unspecified atom stereocenters. The minimum Gasteiger partial charge on any atom is -0.484 e. The summed E-state index contributed by atoms with van der Waals surface area (Å²) in [6.45, 7) is 4.89. The second-order valence-electron chi connectivity index (χ2n) is 4.51. The maximum absolute atomic E-state index is 11.4. The van der Waals surface area contributed by atoms with Crippen LogP contribution in [-0.4, -0.2) is 25.3 Å². The van der Waals surface area contributed by atoms with Gasteiger partial charge in [-0.05, 0) is 36.6 Å². The maximum Gasteiger partial charge on any atom is 0.257 e. The lowest BCUT2D eigenvalue weighted by Crippen LogP contribution is -2.30. The number of ether oxygens (including phenoxy) is 1. The second-order valence-corrected chi connectivity index (χ2v) is 4.51. The number of nitrogens with one attached hydrogen (secondary N) is 1. The molecule has 98 valence electrons. The molecule has 0 bridgehead atoms. The Morgan fingerprint density at radius 1 is 1.33 bits per heavy atom. The maximum atomic E-state index is 11.4. The molecule has 0 spiro atoms. The van der Waals surface area contributed by atoms with Gasteiger partial charge in [0.15, 0.2) is 6.61 Å². The summed E-state index contributed by atoms with van der Waals surface area (Å²) in [7, 11) is 0. The van der Waals surface area contributed by atoms with Crippen LogP contribution in [0.15, 0.2) is 24.3 Å². The van der Waals surface area contributed by atoms with Gasteiger partial charge in [0.1, 0.15) is 12.0 Å². The Labute approximate surface area is 107 Å². The van der Waals surface area contributed by atoms with Crippen molar-refractivity contribution >= 4 is 12.2 Å². The van der Waals surface area contributed by atoms with Crippen molar-refractivity contribution in [3.63, 3.8) is 0 Å². The molecule has 0 aliphatic heterocycles. The van der Waals surface area contributed by atoms with Gasteiger partial charge in [0.25, 0.3) is 5.91 Å². The minimum absolute atomic E-state index is 0.00146. The molecule has 0 fully saturated rings. The van der Waals surface area contributed by atoms with E-state index in [2.05, 4.69) is 19.2 Å². The Hall–Kier alpha value is -1.84. The van der Waals surface area contributed by atoms with Gasteiger partial charge in [0, 0.05) is 12.1 Å². The van der Waals surface area contributed by atoms with E-state index in [0.29, 0.717) is 23.8 Å². The number of hydrogen-bond donors (Lipinski definition) is 1. The fraction of sp³-hybridized carbons (Fsp3) is 0.429. The molecule has 4 heteroatoms. The molecular weight excluding hydrogens is 230 g/mol. The standard InChI is InChI=1S/C14H19NO3/c1-11(2)7-8-15-14(17)10-18-13-5-3-12(9-16)4-6-13/h3-6,9,11H,7-8,10H2,1-2H3,(H,15,17). The third-order valence-corrected chi connectivity index (χ3v) is 2.43. The molecule has 0 radical (unpaired) electrons. The Balaban J connectivity index is 2.26. The van der Waals surface area contributed by atoms with Crippen molar-refractivity contribution < 1.29 is 14.3 Å². The van der Waals surface area contributed by atoms with Crippen LogP contribution in [0.25, 0.3) is 0 Å². The van der Waals surface area contributed by atoms with E-state index in [0.717, 1.165) is 12.7 Å². The van der Waals surface area contributed by atoms with Crippen molar-refractivity contribution in [3.8, 4) is 5.75 Å². The highest BCUT2D eigenvalue weighted by molar-refractivity contribution is 5.77. The zero-order valence-corrected chi connectivity index (χ0v) is 10.8. The van der Waals surface area contributed by atoms with Gasteiger partial charge >= 0.3 is 0 Å². The van der Waals surface area contributed by atoms with Gasteiger partial charge in [-0.2, -0.15) is 0 Å². The van der Waals surface area contributed by atoms with Gasteiger partial charge in [-0.25, -0.2) is 0 Å². The number of amides is 1. The molecule has 1 N–H and O–H groups in total. The van der Waals surface area contributed by atoms with E-state index in [1.807, 2.05) is 0 Å². The molecule has 0 aromatic heterocycles. The number of benzene rings is 1. The summed E-state index contributed by atoms with van der Waals surface area (Å²) in [6, 6.07) is 6.65. The summed E-state index contributed by atoms with van der Waals surface area (Å²) in [4.78, 5) is 21.9. The van der Waals surface area contributed by atoms with Crippen LogP contribution in [0.1, 0.15) is 30.6 Å². The van der Waals surface area contributed by atoms with Gasteiger partial charge in [-0.3, -0.25) is 9.59 Å². The summed E-state index contributed by atoms with van der Waals surface area (Å²) >= 11 is 0. The molecule has 0 saturated heterocycles. The van der Waals surface area contributed by atoms with Crippen molar-refractivity contribution in [2.75, 3.05) is 13.2 Å². The average molecular weight is 249 g/mol. The molecule has 1 aromatic rings. The van der Waals surface area contributed by atoms with Crippen molar-refractivity contribution in [3.05, 3.63) is 29.8 Å². The number of carbonyl (C=O) groups is 2. The molecule has 0 saturated carbocycles. The number of hydrogen-bond acceptors (Lipinski definition) is 3. The molecule has 0 atom stereocenters. The lowest BCUT2D eigenvalue weighted by molar-refractivity contribution is -0.123. The van der Waals surface area contributed by atoms with Crippen LogP contribution in [0.3, 0.4) is 0 Å². The van der Waals surface area contributed by atoms with Crippen LogP contribution in [0.2, 0.25) is 0 Å². The topological polar surface area (TPSA) is 55.4 Å². The molecule has 0 heterocycles. The first-order chi connectivity index (χ1) is 8.61. The first-order valence-electron chi connectivity index (χ1n) is 6.06. The van der Waals surface area contributed by atoms with Crippen molar-refractivity contribution in [1.82, 2.24) is 5.32 Å². The summed E-state index contributed by atoms with van der Waals surface area (Å²) in [5, 5.41) is 2.79. The van der Waals surface area contributed by atoms with E-state index >= 15 is 0 Å². The van der Waals surface area contributed by atoms with Crippen molar-refractivity contribution in [2.45, 2.75) is 20.3 Å². The molecule has 1 rings (SSSR count). The lowest BCUT2D eigenvalue weighted by Gasteiger charge is -2.08. The Morgan fingerprint density at radius 2 is 2.00 bits per heavy atom. The van der Waals surface area contributed by atoms with Gasteiger partial charge in [-0.1, -0.05) is 13.8 Å². The van der Waals surface area contributed by atoms with Crippen molar-refractivity contribution in [1.29, 1.82) is 0 Å². The van der Waals surface area contributed by atoms with Crippen LogP contribution < -0.4 is 10.1 Å². The summed E-state index contributed by atoms with van der Waals surface area (Å²) < 4.78 is 5.30. The molecule has 4 nitrogen and oxygen atoms in total. The molecule has 1 aromatic carbocycles. The van der Waals surface area contributed by atoms with Crippen LogP contribution >= 0.6 is 0 Å². The summed E-state index contributed by atoms with van der Waals surface area (Å²) in [5.74, 6) is 1.02. The van der Waals surface area contributed by atoms with Crippen LogP contribution in [0.5, 0.6) is 5.75 Å². The lowest BCUT2D eigenvalue weighted by atomic mass is 10.1. The first kappa shape index (κ1) is 14.2. The highest BCUT2D eigenvalue weighted by atomic mass is 16.5. The third kappa shape index (κ3) is 5.48. The van der Waals surface area contributed by atoms with E-state index in [1.54, 1.807) is 24.3 Å². The average Bonchev–Trinajstić information content (AvgIpc) is 2.36. The molecule has 1 amide bonds.